The van der Waals surface area contributed by atoms with Gasteiger partial charge >= 0.3 is 12.3 Å². The minimum atomic E-state index is -4.69. The Kier molecular flexibility index (Phi) is 4.70. The molecule has 0 saturated heterocycles. The highest BCUT2D eigenvalue weighted by Gasteiger charge is 2.34. The van der Waals surface area contributed by atoms with E-state index in [0.717, 1.165) is 19.2 Å². The number of hydrogen-bond donors (Lipinski definition) is 1. The lowest BCUT2D eigenvalue weighted by atomic mass is 10.1. The number of oxazole rings is 1. The van der Waals surface area contributed by atoms with Crippen LogP contribution in [-0.2, 0) is 17.5 Å². The normalized spacial score (nSPS) is 11.4. The molecular formula is C17H13F3N2O4. The fraction of sp³-hybridized carbons (Fsp3) is 0.176. The van der Waals surface area contributed by atoms with E-state index in [2.05, 4.69) is 9.72 Å². The average molecular weight is 366 g/mol. The van der Waals surface area contributed by atoms with E-state index in [4.69, 9.17) is 9.15 Å². The van der Waals surface area contributed by atoms with Gasteiger partial charge in [0, 0.05) is 0 Å². The minimum absolute atomic E-state index is 0.0463. The molecule has 1 amide bonds. The van der Waals surface area contributed by atoms with Crippen molar-refractivity contribution in [1.29, 1.82) is 0 Å². The third-order valence-electron chi connectivity index (χ3n) is 3.42. The van der Waals surface area contributed by atoms with E-state index in [1.165, 1.54) is 6.07 Å². The van der Waals surface area contributed by atoms with Gasteiger partial charge in [0.2, 0.25) is 5.89 Å². The van der Waals surface area contributed by atoms with Crippen LogP contribution in [0.1, 0.15) is 11.5 Å². The summed E-state index contributed by atoms with van der Waals surface area (Å²) < 4.78 is 54.7. The molecule has 0 fully saturated rings. The van der Waals surface area contributed by atoms with Gasteiger partial charge in [0.1, 0.15) is 11.3 Å². The third kappa shape index (κ3) is 3.88. The molecular weight excluding hydrogens is 353 g/mol. The van der Waals surface area contributed by atoms with Gasteiger partial charge < -0.3 is 13.9 Å². The topological polar surface area (TPSA) is 73.6 Å². The van der Waals surface area contributed by atoms with Crippen molar-refractivity contribution < 1.29 is 31.9 Å². The van der Waals surface area contributed by atoms with E-state index >= 15 is 0 Å². The lowest BCUT2D eigenvalue weighted by Gasteiger charge is -2.15. The predicted octanol–water partition coefficient (Wildman–Crippen LogP) is 4.60. The predicted molar refractivity (Wildman–Crippen MR) is 85.8 cm³/mol. The molecule has 0 spiro atoms. The van der Waals surface area contributed by atoms with E-state index < -0.39 is 23.5 Å². The van der Waals surface area contributed by atoms with Crippen LogP contribution >= 0.6 is 0 Å². The zero-order valence-electron chi connectivity index (χ0n) is 13.5. The number of aromatic nitrogens is 1. The maximum atomic E-state index is 13.2. The zero-order chi connectivity index (χ0) is 18.7. The van der Waals surface area contributed by atoms with Crippen LogP contribution in [0.5, 0.6) is 5.75 Å². The average Bonchev–Trinajstić information content (AvgIpc) is 3.02. The van der Waals surface area contributed by atoms with Crippen LogP contribution in [0.4, 0.5) is 23.7 Å². The molecule has 0 aliphatic heterocycles. The van der Waals surface area contributed by atoms with Gasteiger partial charge in [-0.3, -0.25) is 5.32 Å². The number of nitrogens with zero attached hydrogens (tertiary/aromatic N) is 1. The van der Waals surface area contributed by atoms with Crippen LogP contribution in [0.25, 0.3) is 11.1 Å². The van der Waals surface area contributed by atoms with Crippen LogP contribution in [0.2, 0.25) is 0 Å². The molecule has 1 heterocycles. The van der Waals surface area contributed by atoms with Crippen molar-refractivity contribution in [2.75, 3.05) is 12.4 Å². The van der Waals surface area contributed by atoms with Gasteiger partial charge in [-0.25, -0.2) is 9.78 Å². The Morgan fingerprint density at radius 1 is 1.23 bits per heavy atom. The Labute approximate surface area is 145 Å². The summed E-state index contributed by atoms with van der Waals surface area (Å²) in [5, 5.41) is 2.02. The number of anilines is 1. The SMILES string of the molecule is COC(=O)Nc1ccc(OCc2nc3ccccc3o2)cc1C(F)(F)F. The molecule has 2 aromatic carbocycles. The summed E-state index contributed by atoms with van der Waals surface area (Å²) >= 11 is 0. The molecule has 0 atom stereocenters. The van der Waals surface area contributed by atoms with Gasteiger partial charge in [-0.15, -0.1) is 0 Å². The van der Waals surface area contributed by atoms with Crippen LogP contribution < -0.4 is 10.1 Å². The highest BCUT2D eigenvalue weighted by molar-refractivity contribution is 5.86. The van der Waals surface area contributed by atoms with Crippen LogP contribution in [0, 0.1) is 0 Å². The van der Waals surface area contributed by atoms with Gasteiger partial charge in [0.05, 0.1) is 18.4 Å². The number of carbonyl (C=O) groups excluding carboxylic acids is 1. The highest BCUT2D eigenvalue weighted by atomic mass is 19.4. The van der Waals surface area contributed by atoms with E-state index in [1.807, 2.05) is 5.32 Å². The number of rotatable bonds is 4. The summed E-state index contributed by atoms with van der Waals surface area (Å²) in [5.74, 6) is 0.187. The molecule has 26 heavy (non-hydrogen) atoms. The molecule has 3 rings (SSSR count). The van der Waals surface area contributed by atoms with Gasteiger partial charge in [0.15, 0.2) is 12.2 Å². The highest BCUT2D eigenvalue weighted by Crippen LogP contribution is 2.37. The number of carbonyl (C=O) groups is 1. The quantitative estimate of drug-likeness (QED) is 0.730. The zero-order valence-corrected chi connectivity index (χ0v) is 13.5. The Bertz CT molecular complexity index is 904. The number of benzene rings is 2. The van der Waals surface area contributed by atoms with Gasteiger partial charge in [0.25, 0.3) is 0 Å². The summed E-state index contributed by atoms with van der Waals surface area (Å²) in [7, 11) is 1.06. The summed E-state index contributed by atoms with van der Waals surface area (Å²) in [6.07, 6.45) is -5.69. The smallest absolute Gasteiger partial charge is 0.418 e. The van der Waals surface area contributed by atoms with Crippen molar-refractivity contribution in [1.82, 2.24) is 4.98 Å². The first-order valence-electron chi connectivity index (χ1n) is 7.40. The molecule has 0 bridgehead atoms. The minimum Gasteiger partial charge on any atom is -0.484 e. The van der Waals surface area contributed by atoms with Gasteiger partial charge in [-0.05, 0) is 30.3 Å². The number of alkyl halides is 3. The number of nitrogens with one attached hydrogen (secondary N) is 1. The molecule has 1 N–H and O–H groups in total. The maximum absolute atomic E-state index is 13.2. The maximum Gasteiger partial charge on any atom is 0.418 e. The molecule has 9 heteroatoms. The summed E-state index contributed by atoms with van der Waals surface area (Å²) in [6, 6.07) is 10.2. The van der Waals surface area contributed by atoms with Crippen molar-refractivity contribution in [3.8, 4) is 5.75 Å². The van der Waals surface area contributed by atoms with Crippen LogP contribution in [0.15, 0.2) is 46.9 Å². The number of halogens is 3. The first kappa shape index (κ1) is 17.6. The van der Waals surface area contributed by atoms with E-state index in [-0.39, 0.29) is 18.2 Å². The fourth-order valence-corrected chi connectivity index (χ4v) is 2.24. The lowest BCUT2D eigenvalue weighted by molar-refractivity contribution is -0.137. The summed E-state index contributed by atoms with van der Waals surface area (Å²) in [6.45, 7) is -0.143. The number of methoxy groups -OCH3 is 1. The molecule has 0 radical (unpaired) electrons. The largest absolute Gasteiger partial charge is 0.484 e. The van der Waals surface area contributed by atoms with Crippen molar-refractivity contribution in [3.63, 3.8) is 0 Å². The molecule has 0 aliphatic rings. The van der Waals surface area contributed by atoms with Crippen molar-refractivity contribution in [2.45, 2.75) is 12.8 Å². The standard InChI is InChI=1S/C17H13F3N2O4/c1-24-16(23)22-12-7-6-10(8-11(12)17(18,19)20)25-9-15-21-13-4-2-3-5-14(13)26-15/h2-8H,9H2,1H3,(H,22,23). The summed E-state index contributed by atoms with van der Waals surface area (Å²) in [4.78, 5) is 15.4. The molecule has 3 aromatic rings. The molecule has 6 nitrogen and oxygen atoms in total. The van der Waals surface area contributed by atoms with Crippen LogP contribution in [0.3, 0.4) is 0 Å². The monoisotopic (exact) mass is 366 g/mol. The van der Waals surface area contributed by atoms with E-state index in [1.54, 1.807) is 24.3 Å². The Balaban J connectivity index is 1.80. The Morgan fingerprint density at radius 2 is 2.00 bits per heavy atom. The number of hydrogen-bond acceptors (Lipinski definition) is 5. The Morgan fingerprint density at radius 3 is 2.69 bits per heavy atom. The van der Waals surface area contributed by atoms with Crippen molar-refractivity contribution >= 4 is 22.9 Å². The second-order valence-electron chi connectivity index (χ2n) is 5.19. The number of para-hydroxylation sites is 2. The third-order valence-corrected chi connectivity index (χ3v) is 3.42. The lowest BCUT2D eigenvalue weighted by Crippen LogP contribution is -2.16. The molecule has 0 aliphatic carbocycles. The van der Waals surface area contributed by atoms with Crippen LogP contribution in [-0.4, -0.2) is 18.2 Å². The second-order valence-corrected chi connectivity index (χ2v) is 5.19. The Hall–Kier alpha value is -3.23. The van der Waals surface area contributed by atoms with E-state index in [9.17, 15) is 18.0 Å². The summed E-state index contributed by atoms with van der Waals surface area (Å²) in [5.41, 5.74) is -0.309. The number of ether oxygens (including phenoxy) is 2. The molecule has 136 valence electrons. The van der Waals surface area contributed by atoms with E-state index in [0.29, 0.717) is 11.1 Å². The van der Waals surface area contributed by atoms with Crippen molar-refractivity contribution in [3.05, 3.63) is 53.9 Å². The number of fused-ring (bicyclic) bond motifs is 1. The van der Waals surface area contributed by atoms with Gasteiger partial charge in [-0.1, -0.05) is 12.1 Å². The van der Waals surface area contributed by atoms with Crippen molar-refractivity contribution in [2.24, 2.45) is 0 Å². The second kappa shape index (κ2) is 6.95. The first-order valence-corrected chi connectivity index (χ1v) is 7.40. The number of amides is 1. The molecule has 0 unspecified atom stereocenters. The molecule has 1 aromatic heterocycles. The molecule has 0 saturated carbocycles. The fourth-order valence-electron chi connectivity index (χ4n) is 2.24. The first-order chi connectivity index (χ1) is 12.4. The van der Waals surface area contributed by atoms with Gasteiger partial charge in [-0.2, -0.15) is 13.2 Å².